The predicted octanol–water partition coefficient (Wildman–Crippen LogP) is 3.59. The van der Waals surface area contributed by atoms with Crippen molar-refractivity contribution in [2.75, 3.05) is 33.4 Å². The molecule has 182 valence electrons. The number of ether oxygens (including phenoxy) is 2. The van der Waals surface area contributed by atoms with E-state index in [1.54, 1.807) is 7.11 Å². The molecule has 1 heterocycles. The maximum Gasteiger partial charge on any atom is 0.124 e. The normalized spacial score (nSPS) is 23.1. The zero-order valence-corrected chi connectivity index (χ0v) is 20.7. The molecule has 0 aromatic heterocycles. The molecule has 0 spiro atoms. The number of hydrogen-bond donors (Lipinski definition) is 3. The van der Waals surface area contributed by atoms with Gasteiger partial charge in [-0.25, -0.2) is 0 Å². The second-order valence-corrected chi connectivity index (χ2v) is 11.5. The number of piperidine rings is 1. The fraction of sp³-hybridized carbons (Fsp3) is 0.769. The van der Waals surface area contributed by atoms with E-state index >= 15 is 0 Å². The van der Waals surface area contributed by atoms with E-state index in [4.69, 9.17) is 9.47 Å². The predicted molar refractivity (Wildman–Crippen MR) is 128 cm³/mol. The molecular weight excluding hydrogens is 404 g/mol. The van der Waals surface area contributed by atoms with Crippen LogP contribution in [0, 0.1) is 10.8 Å². The van der Waals surface area contributed by atoms with Crippen molar-refractivity contribution in [2.24, 2.45) is 10.8 Å². The van der Waals surface area contributed by atoms with Gasteiger partial charge in [-0.2, -0.15) is 0 Å². The molecule has 6 heteroatoms. The van der Waals surface area contributed by atoms with Gasteiger partial charge in [-0.15, -0.1) is 0 Å². The van der Waals surface area contributed by atoms with E-state index in [1.165, 1.54) is 19.3 Å². The summed E-state index contributed by atoms with van der Waals surface area (Å²) in [6, 6.07) is 6.34. The Balaban J connectivity index is 1.57. The highest BCUT2D eigenvalue weighted by atomic mass is 16.5. The molecule has 1 atom stereocenters. The minimum Gasteiger partial charge on any atom is -0.497 e. The number of likely N-dealkylation sites (tertiary alicyclic amines) is 1. The lowest BCUT2D eigenvalue weighted by Gasteiger charge is -2.45. The fourth-order valence-electron chi connectivity index (χ4n) is 5.85. The number of rotatable bonds is 9. The van der Waals surface area contributed by atoms with Gasteiger partial charge in [0.2, 0.25) is 0 Å². The lowest BCUT2D eigenvalue weighted by atomic mass is 9.63. The molecule has 3 N–H and O–H groups in total. The topological polar surface area (TPSA) is 74.2 Å². The number of hydrogen-bond acceptors (Lipinski definition) is 6. The molecule has 3 rings (SSSR count). The zero-order chi connectivity index (χ0) is 23.4. The van der Waals surface area contributed by atoms with Crippen LogP contribution in [0.3, 0.4) is 0 Å². The number of aliphatic hydroxyl groups excluding tert-OH is 2. The van der Waals surface area contributed by atoms with E-state index in [-0.39, 0.29) is 12.7 Å². The van der Waals surface area contributed by atoms with Crippen LogP contribution < -0.4 is 14.8 Å². The molecule has 2 aliphatic rings. The highest BCUT2D eigenvalue weighted by molar-refractivity contribution is 5.40. The van der Waals surface area contributed by atoms with Crippen LogP contribution in [-0.2, 0) is 6.54 Å². The maximum atomic E-state index is 10.5. The largest absolute Gasteiger partial charge is 0.497 e. The van der Waals surface area contributed by atoms with Crippen LogP contribution in [0.15, 0.2) is 18.2 Å². The molecule has 6 nitrogen and oxygen atoms in total. The number of β-amino-alcohol motifs (C(OH)–C–C–N with tert-alkyl or cyclic N) is 1. The van der Waals surface area contributed by atoms with Crippen LogP contribution >= 0.6 is 0 Å². The van der Waals surface area contributed by atoms with Gasteiger partial charge in [-0.05, 0) is 61.1 Å². The molecule has 1 aliphatic carbocycles. The summed E-state index contributed by atoms with van der Waals surface area (Å²) in [5.74, 6) is 1.60. The van der Waals surface area contributed by atoms with Gasteiger partial charge < -0.3 is 29.9 Å². The first kappa shape index (κ1) is 25.3. The molecule has 0 radical (unpaired) electrons. The monoisotopic (exact) mass is 448 g/mol. The van der Waals surface area contributed by atoms with Crippen LogP contribution in [0.5, 0.6) is 11.5 Å². The molecule has 1 aliphatic heterocycles. The lowest BCUT2D eigenvalue weighted by molar-refractivity contribution is 0.0335. The van der Waals surface area contributed by atoms with Crippen molar-refractivity contribution < 1.29 is 19.7 Å². The molecular formula is C26H44N2O4. The number of aliphatic hydroxyl groups is 2. The summed E-state index contributed by atoms with van der Waals surface area (Å²) in [5, 5.41) is 23.9. The maximum absolute atomic E-state index is 10.5. The Hall–Kier alpha value is -1.34. The van der Waals surface area contributed by atoms with Gasteiger partial charge in [-0.3, -0.25) is 0 Å². The van der Waals surface area contributed by atoms with Crippen LogP contribution in [0.4, 0.5) is 0 Å². The Labute approximate surface area is 194 Å². The van der Waals surface area contributed by atoms with Crippen molar-refractivity contribution >= 4 is 0 Å². The van der Waals surface area contributed by atoms with E-state index in [9.17, 15) is 10.2 Å². The smallest absolute Gasteiger partial charge is 0.124 e. The van der Waals surface area contributed by atoms with Gasteiger partial charge in [0.05, 0.1) is 13.2 Å². The van der Waals surface area contributed by atoms with Crippen molar-refractivity contribution in [3.05, 3.63) is 23.8 Å². The van der Waals surface area contributed by atoms with Crippen molar-refractivity contribution in [2.45, 2.75) is 84.6 Å². The SMILES string of the molecule is COc1ccc(OCC(O)CN2CCC(O)CC2)c(CNC2CC(C)(C)CC(C)(C)C2)c1. The Morgan fingerprint density at radius 3 is 2.41 bits per heavy atom. The molecule has 1 saturated carbocycles. The summed E-state index contributed by atoms with van der Waals surface area (Å²) in [5.41, 5.74) is 1.72. The number of methoxy groups -OCH3 is 1. The van der Waals surface area contributed by atoms with E-state index in [2.05, 4.69) is 37.9 Å². The average molecular weight is 449 g/mol. The van der Waals surface area contributed by atoms with E-state index in [0.29, 0.717) is 30.0 Å². The molecule has 1 aromatic carbocycles. The Bertz CT molecular complexity index is 713. The molecule has 0 amide bonds. The van der Waals surface area contributed by atoms with E-state index in [0.717, 1.165) is 43.0 Å². The van der Waals surface area contributed by atoms with Gasteiger partial charge in [0, 0.05) is 37.8 Å². The number of nitrogens with zero attached hydrogens (tertiary/aromatic N) is 1. The zero-order valence-electron chi connectivity index (χ0n) is 20.7. The average Bonchev–Trinajstić information content (AvgIpc) is 2.70. The third-order valence-electron chi connectivity index (χ3n) is 6.86. The van der Waals surface area contributed by atoms with Crippen molar-refractivity contribution in [3.63, 3.8) is 0 Å². The lowest BCUT2D eigenvalue weighted by Crippen LogP contribution is -2.43. The summed E-state index contributed by atoms with van der Waals surface area (Å²) < 4.78 is 11.5. The Morgan fingerprint density at radius 2 is 1.78 bits per heavy atom. The molecule has 2 fully saturated rings. The quantitative estimate of drug-likeness (QED) is 0.536. The summed E-state index contributed by atoms with van der Waals surface area (Å²) in [6.45, 7) is 12.7. The van der Waals surface area contributed by atoms with Crippen molar-refractivity contribution in [1.82, 2.24) is 10.2 Å². The van der Waals surface area contributed by atoms with E-state index < -0.39 is 6.10 Å². The Morgan fingerprint density at radius 1 is 1.12 bits per heavy atom. The summed E-state index contributed by atoms with van der Waals surface area (Å²) >= 11 is 0. The van der Waals surface area contributed by atoms with Crippen LogP contribution in [0.1, 0.15) is 65.4 Å². The molecule has 1 aromatic rings. The standard InChI is InChI=1S/C26H44N2O4/c1-25(2)13-20(14-26(3,4)18-25)27-15-19-12-23(31-5)6-7-24(19)32-17-22(30)16-28-10-8-21(29)9-11-28/h6-7,12,20-22,27,29-30H,8-11,13-18H2,1-5H3. The van der Waals surface area contributed by atoms with Crippen LogP contribution in [0.25, 0.3) is 0 Å². The first-order valence-corrected chi connectivity index (χ1v) is 12.2. The van der Waals surface area contributed by atoms with Gasteiger partial charge in [-0.1, -0.05) is 27.7 Å². The molecule has 1 unspecified atom stereocenters. The molecule has 0 bridgehead atoms. The third kappa shape index (κ3) is 7.62. The van der Waals surface area contributed by atoms with Gasteiger partial charge >= 0.3 is 0 Å². The first-order valence-electron chi connectivity index (χ1n) is 12.2. The van der Waals surface area contributed by atoms with Gasteiger partial charge in [0.1, 0.15) is 24.2 Å². The van der Waals surface area contributed by atoms with Crippen LogP contribution in [0.2, 0.25) is 0 Å². The summed E-state index contributed by atoms with van der Waals surface area (Å²) in [4.78, 5) is 2.20. The summed E-state index contributed by atoms with van der Waals surface area (Å²) in [7, 11) is 1.68. The van der Waals surface area contributed by atoms with Crippen molar-refractivity contribution in [3.8, 4) is 11.5 Å². The second kappa shape index (κ2) is 10.7. The van der Waals surface area contributed by atoms with Crippen molar-refractivity contribution in [1.29, 1.82) is 0 Å². The minimum atomic E-state index is -0.562. The number of nitrogens with one attached hydrogen (secondary N) is 1. The minimum absolute atomic E-state index is 0.200. The molecule has 1 saturated heterocycles. The third-order valence-corrected chi connectivity index (χ3v) is 6.86. The molecule has 32 heavy (non-hydrogen) atoms. The number of benzene rings is 1. The Kier molecular flexibility index (Phi) is 8.48. The first-order chi connectivity index (χ1) is 15.0. The highest BCUT2D eigenvalue weighted by Crippen LogP contribution is 2.45. The van der Waals surface area contributed by atoms with Gasteiger partial charge in [0.15, 0.2) is 0 Å². The highest BCUT2D eigenvalue weighted by Gasteiger charge is 2.38. The van der Waals surface area contributed by atoms with Gasteiger partial charge in [0.25, 0.3) is 0 Å². The summed E-state index contributed by atoms with van der Waals surface area (Å²) in [6.07, 6.45) is 4.37. The van der Waals surface area contributed by atoms with Crippen LogP contribution in [-0.4, -0.2) is 66.7 Å². The van der Waals surface area contributed by atoms with E-state index in [1.807, 2.05) is 18.2 Å². The fourth-order valence-corrected chi connectivity index (χ4v) is 5.85. The second-order valence-electron chi connectivity index (χ2n) is 11.5.